The zero-order valence-electron chi connectivity index (χ0n) is 11.4. The molecule has 3 rings (SSSR count). The predicted octanol–water partition coefficient (Wildman–Crippen LogP) is 2.71. The minimum absolute atomic E-state index is 0.0350. The van der Waals surface area contributed by atoms with Gasteiger partial charge in [-0.05, 0) is 42.5 Å². The van der Waals surface area contributed by atoms with Gasteiger partial charge in [-0.1, -0.05) is 6.07 Å². The van der Waals surface area contributed by atoms with Crippen LogP contribution in [0.3, 0.4) is 0 Å². The molecule has 1 saturated heterocycles. The summed E-state index contributed by atoms with van der Waals surface area (Å²) in [5.74, 6) is -1.71. The van der Waals surface area contributed by atoms with Crippen LogP contribution in [0.5, 0.6) is 0 Å². The lowest BCUT2D eigenvalue weighted by atomic mass is 10.2. The molecule has 0 unspecified atom stereocenters. The molecule has 1 fully saturated rings. The topological polar surface area (TPSA) is 49.4 Å². The van der Waals surface area contributed by atoms with Crippen LogP contribution in [0.15, 0.2) is 48.5 Å². The molecule has 4 nitrogen and oxygen atoms in total. The first kappa shape index (κ1) is 14.2. The Bertz CT molecular complexity index is 731. The van der Waals surface area contributed by atoms with E-state index in [1.807, 2.05) is 0 Å². The Labute approximate surface area is 125 Å². The first-order chi connectivity index (χ1) is 10.5. The Morgan fingerprint density at radius 3 is 2.41 bits per heavy atom. The summed E-state index contributed by atoms with van der Waals surface area (Å²) < 4.78 is 26.1. The number of nitrogens with zero attached hydrogens (tertiary/aromatic N) is 1. The van der Waals surface area contributed by atoms with Gasteiger partial charge in [-0.15, -0.1) is 0 Å². The fraction of sp³-hybridized carbons (Fsp3) is 0.125. The summed E-state index contributed by atoms with van der Waals surface area (Å²) >= 11 is 0. The number of imide groups is 1. The standard InChI is InChI=1S/C16H12F2N2O2/c17-10-4-6-13(7-5-10)20-15(21)9-14(16(20)22)19-12-3-1-2-11(18)8-12/h1-8,14,19H,9H2/t14-/m1/s1. The Balaban J connectivity index is 1.81. The van der Waals surface area contributed by atoms with E-state index in [0.717, 1.165) is 4.90 Å². The first-order valence-electron chi connectivity index (χ1n) is 6.69. The Hall–Kier alpha value is -2.76. The van der Waals surface area contributed by atoms with Crippen LogP contribution in [-0.4, -0.2) is 17.9 Å². The molecule has 2 amide bonds. The maximum Gasteiger partial charge on any atom is 0.256 e. The molecule has 1 aliphatic rings. The maximum atomic E-state index is 13.2. The number of halogens is 2. The molecule has 6 heteroatoms. The van der Waals surface area contributed by atoms with Crippen LogP contribution in [0.2, 0.25) is 0 Å². The van der Waals surface area contributed by atoms with Gasteiger partial charge in [0, 0.05) is 5.69 Å². The summed E-state index contributed by atoms with van der Waals surface area (Å²) in [5.41, 5.74) is 0.743. The summed E-state index contributed by atoms with van der Waals surface area (Å²) in [6.07, 6.45) is -0.0350. The van der Waals surface area contributed by atoms with Crippen LogP contribution < -0.4 is 10.2 Å². The van der Waals surface area contributed by atoms with Crippen molar-refractivity contribution in [2.75, 3.05) is 10.2 Å². The summed E-state index contributed by atoms with van der Waals surface area (Å²) in [4.78, 5) is 25.4. The molecule has 2 aromatic carbocycles. The molecule has 0 aromatic heterocycles. The monoisotopic (exact) mass is 302 g/mol. The number of anilines is 2. The van der Waals surface area contributed by atoms with E-state index in [0.29, 0.717) is 11.4 Å². The van der Waals surface area contributed by atoms with Gasteiger partial charge in [0.2, 0.25) is 5.91 Å². The fourth-order valence-corrected chi connectivity index (χ4v) is 2.39. The average molecular weight is 302 g/mol. The second kappa shape index (κ2) is 5.55. The minimum Gasteiger partial charge on any atom is -0.373 e. The zero-order chi connectivity index (χ0) is 15.7. The van der Waals surface area contributed by atoms with Gasteiger partial charge >= 0.3 is 0 Å². The highest BCUT2D eigenvalue weighted by molar-refractivity contribution is 6.23. The molecule has 2 aromatic rings. The van der Waals surface area contributed by atoms with Gasteiger partial charge in [0.25, 0.3) is 5.91 Å². The van der Waals surface area contributed by atoms with Crippen LogP contribution in [0.4, 0.5) is 20.2 Å². The smallest absolute Gasteiger partial charge is 0.256 e. The molecule has 1 aliphatic heterocycles. The molecule has 0 radical (unpaired) electrons. The SMILES string of the molecule is O=C1C[C@@H](Nc2cccc(F)c2)C(=O)N1c1ccc(F)cc1. The Morgan fingerprint density at radius 1 is 1.00 bits per heavy atom. The number of hydrogen-bond donors (Lipinski definition) is 1. The van der Waals surface area contributed by atoms with Gasteiger partial charge in [0.1, 0.15) is 17.7 Å². The lowest BCUT2D eigenvalue weighted by Crippen LogP contribution is -2.34. The number of nitrogens with one attached hydrogen (secondary N) is 1. The third-order valence-electron chi connectivity index (χ3n) is 3.40. The number of hydrogen-bond acceptors (Lipinski definition) is 3. The molecule has 0 saturated carbocycles. The normalized spacial score (nSPS) is 17.9. The summed E-state index contributed by atoms with van der Waals surface area (Å²) in [6.45, 7) is 0. The summed E-state index contributed by atoms with van der Waals surface area (Å²) in [7, 11) is 0. The van der Waals surface area contributed by atoms with Crippen molar-refractivity contribution in [1.82, 2.24) is 0 Å². The van der Waals surface area contributed by atoms with Gasteiger partial charge in [0.15, 0.2) is 0 Å². The Kier molecular flexibility index (Phi) is 3.58. The quantitative estimate of drug-likeness (QED) is 0.887. The fourth-order valence-electron chi connectivity index (χ4n) is 2.39. The van der Waals surface area contributed by atoms with Gasteiger partial charge in [-0.2, -0.15) is 0 Å². The first-order valence-corrected chi connectivity index (χ1v) is 6.69. The van der Waals surface area contributed by atoms with E-state index in [1.165, 1.54) is 42.5 Å². The van der Waals surface area contributed by atoms with E-state index < -0.39 is 23.6 Å². The van der Waals surface area contributed by atoms with E-state index in [2.05, 4.69) is 5.32 Å². The predicted molar refractivity (Wildman–Crippen MR) is 77.3 cm³/mol. The summed E-state index contributed by atoms with van der Waals surface area (Å²) in [6, 6.07) is 10.0. The molecule has 112 valence electrons. The van der Waals surface area contributed by atoms with Gasteiger partial charge in [0.05, 0.1) is 12.1 Å². The lowest BCUT2D eigenvalue weighted by Gasteiger charge is -2.16. The molecule has 1 N–H and O–H groups in total. The largest absolute Gasteiger partial charge is 0.373 e. The lowest BCUT2D eigenvalue weighted by molar-refractivity contribution is -0.121. The molecule has 0 aliphatic carbocycles. The van der Waals surface area contributed by atoms with Crippen molar-refractivity contribution in [2.24, 2.45) is 0 Å². The van der Waals surface area contributed by atoms with Gasteiger partial charge in [-0.3, -0.25) is 9.59 Å². The van der Waals surface area contributed by atoms with Crippen molar-refractivity contribution in [3.63, 3.8) is 0 Å². The van der Waals surface area contributed by atoms with Crippen molar-refractivity contribution in [3.05, 3.63) is 60.2 Å². The number of rotatable bonds is 3. The van der Waals surface area contributed by atoms with E-state index >= 15 is 0 Å². The molecular formula is C16H12F2N2O2. The van der Waals surface area contributed by atoms with E-state index in [4.69, 9.17) is 0 Å². The highest BCUT2D eigenvalue weighted by Crippen LogP contribution is 2.25. The van der Waals surface area contributed by atoms with Gasteiger partial charge in [-0.25, -0.2) is 13.7 Å². The van der Waals surface area contributed by atoms with E-state index in [-0.39, 0.29) is 12.3 Å². The van der Waals surface area contributed by atoms with Crippen LogP contribution in [0, 0.1) is 11.6 Å². The van der Waals surface area contributed by atoms with Crippen molar-refractivity contribution < 1.29 is 18.4 Å². The maximum absolute atomic E-state index is 13.2. The van der Waals surface area contributed by atoms with Gasteiger partial charge < -0.3 is 5.32 Å². The van der Waals surface area contributed by atoms with Crippen molar-refractivity contribution in [2.45, 2.75) is 12.5 Å². The van der Waals surface area contributed by atoms with Crippen molar-refractivity contribution >= 4 is 23.2 Å². The third-order valence-corrected chi connectivity index (χ3v) is 3.40. The number of carbonyl (C=O) groups excluding carboxylic acids is 2. The summed E-state index contributed by atoms with van der Waals surface area (Å²) in [5, 5.41) is 2.85. The Morgan fingerprint density at radius 2 is 1.73 bits per heavy atom. The average Bonchev–Trinajstić information content (AvgIpc) is 2.75. The molecule has 0 spiro atoms. The van der Waals surface area contributed by atoms with Crippen LogP contribution in [0.1, 0.15) is 6.42 Å². The van der Waals surface area contributed by atoms with Crippen LogP contribution >= 0.6 is 0 Å². The molecule has 1 atom stereocenters. The zero-order valence-corrected chi connectivity index (χ0v) is 11.4. The highest BCUT2D eigenvalue weighted by atomic mass is 19.1. The second-order valence-electron chi connectivity index (χ2n) is 4.96. The molecule has 1 heterocycles. The number of carbonyl (C=O) groups is 2. The third kappa shape index (κ3) is 2.67. The molecule has 0 bridgehead atoms. The van der Waals surface area contributed by atoms with Crippen LogP contribution in [-0.2, 0) is 9.59 Å². The number of amides is 2. The molecular weight excluding hydrogens is 290 g/mol. The van der Waals surface area contributed by atoms with E-state index in [9.17, 15) is 18.4 Å². The van der Waals surface area contributed by atoms with Crippen molar-refractivity contribution in [3.8, 4) is 0 Å². The number of benzene rings is 2. The van der Waals surface area contributed by atoms with Crippen molar-refractivity contribution in [1.29, 1.82) is 0 Å². The molecule has 22 heavy (non-hydrogen) atoms. The minimum atomic E-state index is -0.764. The van der Waals surface area contributed by atoms with E-state index in [1.54, 1.807) is 6.07 Å². The van der Waals surface area contributed by atoms with Crippen LogP contribution in [0.25, 0.3) is 0 Å². The highest BCUT2D eigenvalue weighted by Gasteiger charge is 2.39. The second-order valence-corrected chi connectivity index (χ2v) is 4.96.